The minimum atomic E-state index is -0.204. The molecule has 1 fully saturated rings. The maximum Gasteiger partial charge on any atom is 0.254 e. The van der Waals surface area contributed by atoms with Gasteiger partial charge in [-0.1, -0.05) is 42.5 Å². The van der Waals surface area contributed by atoms with Gasteiger partial charge in [-0.15, -0.1) is 0 Å². The van der Waals surface area contributed by atoms with Crippen LogP contribution in [-0.4, -0.2) is 59.3 Å². The highest BCUT2D eigenvalue weighted by Crippen LogP contribution is 2.12. The topological polar surface area (TPSA) is 65.5 Å². The lowest BCUT2D eigenvalue weighted by molar-refractivity contribution is -0.114. The molecule has 1 aliphatic heterocycles. The van der Waals surface area contributed by atoms with Gasteiger partial charge in [0.15, 0.2) is 0 Å². The standard InChI is InChI=1S/C21H24N4O2/c1-17(26)23-20-16-19(9-10-22-20)21(27)25-14-12-24(13-15-25)11-5-8-18-6-3-2-4-7-18/h2-10,16H,11-15H2,1H3,(H,22,23,26)/b8-5+. The fourth-order valence-electron chi connectivity index (χ4n) is 3.03. The van der Waals surface area contributed by atoms with Crippen molar-refractivity contribution in [3.8, 4) is 0 Å². The summed E-state index contributed by atoms with van der Waals surface area (Å²) in [5, 5.41) is 2.61. The van der Waals surface area contributed by atoms with Crippen molar-refractivity contribution in [2.45, 2.75) is 6.92 Å². The van der Waals surface area contributed by atoms with E-state index in [1.165, 1.54) is 12.5 Å². The van der Waals surface area contributed by atoms with Crippen LogP contribution in [0.3, 0.4) is 0 Å². The van der Waals surface area contributed by atoms with E-state index in [4.69, 9.17) is 0 Å². The van der Waals surface area contributed by atoms with Gasteiger partial charge in [-0.2, -0.15) is 0 Å². The molecule has 6 nitrogen and oxygen atoms in total. The fraction of sp³-hybridized carbons (Fsp3) is 0.286. The fourth-order valence-corrected chi connectivity index (χ4v) is 3.03. The van der Waals surface area contributed by atoms with Crippen LogP contribution in [0.15, 0.2) is 54.7 Å². The zero-order valence-corrected chi connectivity index (χ0v) is 15.5. The van der Waals surface area contributed by atoms with Gasteiger partial charge in [-0.25, -0.2) is 4.98 Å². The number of pyridine rings is 1. The van der Waals surface area contributed by atoms with Crippen LogP contribution in [0.5, 0.6) is 0 Å². The summed E-state index contributed by atoms with van der Waals surface area (Å²) in [7, 11) is 0. The predicted molar refractivity (Wildman–Crippen MR) is 106 cm³/mol. The summed E-state index contributed by atoms with van der Waals surface area (Å²) in [6, 6.07) is 13.5. The third-order valence-corrected chi connectivity index (χ3v) is 4.44. The molecule has 6 heteroatoms. The molecule has 0 unspecified atom stereocenters. The smallest absolute Gasteiger partial charge is 0.254 e. The average Bonchev–Trinajstić information content (AvgIpc) is 2.68. The number of piperazine rings is 1. The van der Waals surface area contributed by atoms with Crippen molar-refractivity contribution >= 4 is 23.7 Å². The molecule has 0 saturated carbocycles. The second-order valence-corrected chi connectivity index (χ2v) is 6.52. The van der Waals surface area contributed by atoms with Crippen molar-refractivity contribution in [3.05, 3.63) is 65.9 Å². The Morgan fingerprint density at radius 1 is 1.11 bits per heavy atom. The highest BCUT2D eigenvalue weighted by Gasteiger charge is 2.21. The van der Waals surface area contributed by atoms with Gasteiger partial charge in [0.25, 0.3) is 5.91 Å². The molecular formula is C21H24N4O2. The highest BCUT2D eigenvalue weighted by atomic mass is 16.2. The Hall–Kier alpha value is -2.99. The van der Waals surface area contributed by atoms with E-state index >= 15 is 0 Å². The molecule has 2 aromatic rings. The molecule has 1 saturated heterocycles. The molecule has 2 amide bonds. The number of hydrogen-bond donors (Lipinski definition) is 1. The third-order valence-electron chi connectivity index (χ3n) is 4.44. The lowest BCUT2D eigenvalue weighted by Crippen LogP contribution is -2.48. The molecular weight excluding hydrogens is 340 g/mol. The van der Waals surface area contributed by atoms with Crippen molar-refractivity contribution < 1.29 is 9.59 Å². The first-order valence-electron chi connectivity index (χ1n) is 9.09. The predicted octanol–water partition coefficient (Wildman–Crippen LogP) is 2.51. The van der Waals surface area contributed by atoms with E-state index in [0.29, 0.717) is 24.5 Å². The van der Waals surface area contributed by atoms with Crippen LogP contribution < -0.4 is 5.32 Å². The largest absolute Gasteiger partial charge is 0.336 e. The first-order chi connectivity index (χ1) is 13.1. The molecule has 0 aliphatic carbocycles. The SMILES string of the molecule is CC(=O)Nc1cc(C(=O)N2CCN(C/C=C/c3ccccc3)CC2)ccn1. The molecule has 1 aromatic heterocycles. The van der Waals surface area contributed by atoms with Gasteiger partial charge in [-0.05, 0) is 17.7 Å². The van der Waals surface area contributed by atoms with Crippen LogP contribution in [0.2, 0.25) is 0 Å². The normalized spacial score (nSPS) is 15.1. The average molecular weight is 364 g/mol. The number of rotatable bonds is 5. The molecule has 1 N–H and O–H groups in total. The Balaban J connectivity index is 1.50. The quantitative estimate of drug-likeness (QED) is 0.885. The Kier molecular flexibility index (Phi) is 6.33. The van der Waals surface area contributed by atoms with Crippen LogP contribution in [0.4, 0.5) is 5.82 Å². The van der Waals surface area contributed by atoms with E-state index < -0.39 is 0 Å². The Morgan fingerprint density at radius 3 is 2.56 bits per heavy atom. The second kappa shape index (κ2) is 9.09. The molecule has 2 heterocycles. The zero-order chi connectivity index (χ0) is 19.1. The number of amides is 2. The van der Waals surface area contributed by atoms with Gasteiger partial charge in [0.05, 0.1) is 0 Å². The van der Waals surface area contributed by atoms with E-state index in [1.807, 2.05) is 23.1 Å². The number of benzene rings is 1. The summed E-state index contributed by atoms with van der Waals surface area (Å²) in [6.07, 6.45) is 5.83. The maximum absolute atomic E-state index is 12.7. The molecule has 0 atom stereocenters. The first-order valence-corrected chi connectivity index (χ1v) is 9.09. The molecule has 0 bridgehead atoms. The minimum absolute atomic E-state index is 0.0246. The lowest BCUT2D eigenvalue weighted by Gasteiger charge is -2.34. The van der Waals surface area contributed by atoms with Crippen LogP contribution in [-0.2, 0) is 4.79 Å². The van der Waals surface area contributed by atoms with Crippen LogP contribution in [0.25, 0.3) is 6.08 Å². The number of nitrogens with zero attached hydrogens (tertiary/aromatic N) is 3. The molecule has 0 spiro atoms. The van der Waals surface area contributed by atoms with E-state index in [2.05, 4.69) is 39.5 Å². The Bertz CT molecular complexity index is 812. The Labute approximate surface area is 159 Å². The van der Waals surface area contributed by atoms with Gasteiger partial charge in [0, 0.05) is 51.4 Å². The molecule has 3 rings (SSSR count). The number of anilines is 1. The lowest BCUT2D eigenvalue weighted by atomic mass is 10.2. The third kappa shape index (κ3) is 5.49. The van der Waals surface area contributed by atoms with E-state index in [9.17, 15) is 9.59 Å². The molecule has 27 heavy (non-hydrogen) atoms. The number of hydrogen-bond acceptors (Lipinski definition) is 4. The first kappa shape index (κ1) is 18.8. The summed E-state index contributed by atoms with van der Waals surface area (Å²) < 4.78 is 0. The molecule has 1 aliphatic rings. The Morgan fingerprint density at radius 2 is 1.85 bits per heavy atom. The number of carbonyl (C=O) groups excluding carboxylic acids is 2. The summed E-state index contributed by atoms with van der Waals surface area (Å²) in [5.41, 5.74) is 1.74. The van der Waals surface area contributed by atoms with E-state index in [0.717, 1.165) is 19.6 Å². The second-order valence-electron chi connectivity index (χ2n) is 6.52. The summed E-state index contributed by atoms with van der Waals surface area (Å²) in [5.74, 6) is 0.172. The van der Waals surface area contributed by atoms with Gasteiger partial charge >= 0.3 is 0 Å². The summed E-state index contributed by atoms with van der Waals surface area (Å²) >= 11 is 0. The monoisotopic (exact) mass is 364 g/mol. The van der Waals surface area contributed by atoms with Crippen LogP contribution >= 0.6 is 0 Å². The number of carbonyl (C=O) groups is 2. The molecule has 1 aromatic carbocycles. The van der Waals surface area contributed by atoms with Gasteiger partial charge in [-0.3, -0.25) is 14.5 Å². The zero-order valence-electron chi connectivity index (χ0n) is 15.5. The summed E-state index contributed by atoms with van der Waals surface area (Å²) in [6.45, 7) is 5.36. The maximum atomic E-state index is 12.7. The van der Waals surface area contributed by atoms with Crippen molar-refractivity contribution in [2.75, 3.05) is 38.0 Å². The van der Waals surface area contributed by atoms with Crippen molar-refractivity contribution in [3.63, 3.8) is 0 Å². The van der Waals surface area contributed by atoms with Gasteiger partial charge in [0.1, 0.15) is 5.82 Å². The van der Waals surface area contributed by atoms with Crippen molar-refractivity contribution in [2.24, 2.45) is 0 Å². The minimum Gasteiger partial charge on any atom is -0.336 e. The van der Waals surface area contributed by atoms with Crippen molar-refractivity contribution in [1.29, 1.82) is 0 Å². The highest BCUT2D eigenvalue weighted by molar-refractivity contribution is 5.96. The van der Waals surface area contributed by atoms with Crippen molar-refractivity contribution in [1.82, 2.24) is 14.8 Å². The van der Waals surface area contributed by atoms with E-state index in [-0.39, 0.29) is 11.8 Å². The molecule has 140 valence electrons. The molecule has 0 radical (unpaired) electrons. The number of nitrogens with one attached hydrogen (secondary N) is 1. The van der Waals surface area contributed by atoms with Gasteiger partial charge < -0.3 is 10.2 Å². The van der Waals surface area contributed by atoms with Crippen LogP contribution in [0.1, 0.15) is 22.8 Å². The summed E-state index contributed by atoms with van der Waals surface area (Å²) in [4.78, 5) is 32.1. The van der Waals surface area contributed by atoms with Crippen LogP contribution in [0, 0.1) is 0 Å². The van der Waals surface area contributed by atoms with Gasteiger partial charge in [0.2, 0.25) is 5.91 Å². The van der Waals surface area contributed by atoms with E-state index in [1.54, 1.807) is 18.3 Å². The number of aromatic nitrogens is 1.